The molecule has 1 unspecified atom stereocenters. The van der Waals surface area contributed by atoms with Gasteiger partial charge in [-0.15, -0.1) is 0 Å². The minimum absolute atomic E-state index is 0.259. The Balaban J connectivity index is 2.30. The second-order valence-electron chi connectivity index (χ2n) is 4.68. The number of carbonyl (C=O) groups is 3. The number of halogens is 1. The van der Waals surface area contributed by atoms with Crippen LogP contribution in [0.4, 0.5) is 5.69 Å². The highest BCUT2D eigenvalue weighted by molar-refractivity contribution is 9.10. The van der Waals surface area contributed by atoms with Crippen LogP contribution in [-0.2, 0) is 9.59 Å². The van der Waals surface area contributed by atoms with Gasteiger partial charge in [0.25, 0.3) is 5.91 Å². The highest BCUT2D eigenvalue weighted by Gasteiger charge is 2.35. The summed E-state index contributed by atoms with van der Waals surface area (Å²) in [6, 6.07) is 3.72. The van der Waals surface area contributed by atoms with Crippen LogP contribution in [0.1, 0.15) is 16.8 Å². The van der Waals surface area contributed by atoms with Crippen LogP contribution < -0.4 is 11.1 Å². The third kappa shape index (κ3) is 3.52. The molecule has 1 fully saturated rings. The maximum absolute atomic E-state index is 12.5. The van der Waals surface area contributed by atoms with E-state index in [4.69, 9.17) is 10.8 Å². The van der Waals surface area contributed by atoms with Crippen molar-refractivity contribution in [2.24, 2.45) is 0 Å². The summed E-state index contributed by atoms with van der Waals surface area (Å²) in [6.45, 7) is 0.555. The van der Waals surface area contributed by atoms with Crippen LogP contribution in [0.2, 0.25) is 0 Å². The number of carbonyl (C=O) groups excluding carboxylic acids is 2. The molecule has 4 N–H and O–H groups in total. The fourth-order valence-corrected chi connectivity index (χ4v) is 2.74. The van der Waals surface area contributed by atoms with Crippen molar-refractivity contribution in [3.63, 3.8) is 0 Å². The molecule has 2 rings (SSSR count). The highest BCUT2D eigenvalue weighted by Crippen LogP contribution is 2.20. The summed E-state index contributed by atoms with van der Waals surface area (Å²) in [5, 5.41) is 11.5. The van der Waals surface area contributed by atoms with Crippen LogP contribution in [0.3, 0.4) is 0 Å². The molecule has 1 heterocycles. The summed E-state index contributed by atoms with van der Waals surface area (Å²) < 4.78 is 0.641. The van der Waals surface area contributed by atoms with Crippen molar-refractivity contribution in [1.82, 2.24) is 10.2 Å². The number of rotatable bonds is 3. The second kappa shape index (κ2) is 6.13. The van der Waals surface area contributed by atoms with Gasteiger partial charge in [-0.2, -0.15) is 0 Å². The molecule has 1 aromatic carbocycles. The Morgan fingerprint density at radius 3 is 2.76 bits per heavy atom. The van der Waals surface area contributed by atoms with E-state index in [0.717, 1.165) is 0 Å². The Morgan fingerprint density at radius 2 is 2.14 bits per heavy atom. The molecule has 0 aromatic heterocycles. The van der Waals surface area contributed by atoms with E-state index in [1.54, 1.807) is 12.1 Å². The number of hydrogen-bond acceptors (Lipinski definition) is 4. The first-order valence-corrected chi connectivity index (χ1v) is 7.04. The Labute approximate surface area is 129 Å². The van der Waals surface area contributed by atoms with Crippen molar-refractivity contribution in [3.8, 4) is 0 Å². The summed E-state index contributed by atoms with van der Waals surface area (Å²) in [5.74, 6) is -2.01. The summed E-state index contributed by atoms with van der Waals surface area (Å²) in [6.07, 6.45) is -0.430. The van der Waals surface area contributed by atoms with E-state index in [-0.39, 0.29) is 6.54 Å². The largest absolute Gasteiger partial charge is 0.481 e. The Hall–Kier alpha value is -2.09. The first kappa shape index (κ1) is 15.3. The molecule has 21 heavy (non-hydrogen) atoms. The number of benzene rings is 1. The smallest absolute Gasteiger partial charge is 0.305 e. The van der Waals surface area contributed by atoms with Gasteiger partial charge >= 0.3 is 5.97 Å². The predicted molar refractivity (Wildman–Crippen MR) is 78.6 cm³/mol. The molecule has 112 valence electrons. The van der Waals surface area contributed by atoms with Gasteiger partial charge in [-0.1, -0.05) is 15.9 Å². The fraction of sp³-hybridized carbons (Fsp3) is 0.308. The molecule has 1 aliphatic rings. The minimum Gasteiger partial charge on any atom is -0.481 e. The fourth-order valence-electron chi connectivity index (χ4n) is 2.23. The number of aliphatic carboxylic acids is 1. The van der Waals surface area contributed by atoms with Crippen molar-refractivity contribution >= 4 is 39.4 Å². The molecule has 0 bridgehead atoms. The van der Waals surface area contributed by atoms with E-state index < -0.39 is 30.2 Å². The van der Waals surface area contributed by atoms with Crippen LogP contribution in [-0.4, -0.2) is 46.9 Å². The topological polar surface area (TPSA) is 113 Å². The van der Waals surface area contributed by atoms with Gasteiger partial charge in [0.2, 0.25) is 5.91 Å². The maximum atomic E-state index is 12.5. The number of amides is 2. The monoisotopic (exact) mass is 355 g/mol. The number of piperazine rings is 1. The SMILES string of the molecule is Nc1cc(Br)cc(C(=O)N2CCNC(=O)C2CC(=O)O)c1. The highest BCUT2D eigenvalue weighted by atomic mass is 79.9. The van der Waals surface area contributed by atoms with Gasteiger partial charge in [-0.3, -0.25) is 14.4 Å². The summed E-state index contributed by atoms with van der Waals surface area (Å²) >= 11 is 3.25. The average molecular weight is 356 g/mol. The number of nitrogens with two attached hydrogens (primary N) is 1. The van der Waals surface area contributed by atoms with Gasteiger partial charge in [0.1, 0.15) is 6.04 Å². The third-order valence-electron chi connectivity index (χ3n) is 3.13. The molecular weight excluding hydrogens is 342 g/mol. The van der Waals surface area contributed by atoms with Crippen molar-refractivity contribution in [2.75, 3.05) is 18.8 Å². The number of nitrogens with one attached hydrogen (secondary N) is 1. The van der Waals surface area contributed by atoms with E-state index in [9.17, 15) is 14.4 Å². The molecule has 7 nitrogen and oxygen atoms in total. The molecule has 8 heteroatoms. The number of nitrogen functional groups attached to an aromatic ring is 1. The number of hydrogen-bond donors (Lipinski definition) is 3. The lowest BCUT2D eigenvalue weighted by Gasteiger charge is -2.34. The molecule has 1 aromatic rings. The van der Waals surface area contributed by atoms with Gasteiger partial charge in [0, 0.05) is 28.8 Å². The molecule has 0 saturated carbocycles. The lowest BCUT2D eigenvalue weighted by molar-refractivity contribution is -0.142. The second-order valence-corrected chi connectivity index (χ2v) is 5.59. The average Bonchev–Trinajstić information content (AvgIpc) is 2.38. The first-order valence-electron chi connectivity index (χ1n) is 6.25. The van der Waals surface area contributed by atoms with Crippen molar-refractivity contribution in [1.29, 1.82) is 0 Å². The molecule has 1 saturated heterocycles. The lowest BCUT2D eigenvalue weighted by atomic mass is 10.1. The van der Waals surface area contributed by atoms with Crippen LogP contribution >= 0.6 is 15.9 Å². The lowest BCUT2D eigenvalue weighted by Crippen LogP contribution is -2.57. The van der Waals surface area contributed by atoms with Crippen molar-refractivity contribution < 1.29 is 19.5 Å². The summed E-state index contributed by atoms with van der Waals surface area (Å²) in [4.78, 5) is 36.5. The van der Waals surface area contributed by atoms with Crippen LogP contribution in [0, 0.1) is 0 Å². The molecule has 1 aliphatic heterocycles. The van der Waals surface area contributed by atoms with Gasteiger partial charge in [-0.25, -0.2) is 0 Å². The normalized spacial score (nSPS) is 18.2. The van der Waals surface area contributed by atoms with Gasteiger partial charge in [-0.05, 0) is 18.2 Å². The number of carboxylic acids is 1. The van der Waals surface area contributed by atoms with Crippen molar-refractivity contribution in [2.45, 2.75) is 12.5 Å². The Morgan fingerprint density at radius 1 is 1.43 bits per heavy atom. The molecule has 0 radical (unpaired) electrons. The number of nitrogens with zero attached hydrogens (tertiary/aromatic N) is 1. The maximum Gasteiger partial charge on any atom is 0.305 e. The zero-order valence-electron chi connectivity index (χ0n) is 11.0. The summed E-state index contributed by atoms with van der Waals surface area (Å²) in [7, 11) is 0. The van der Waals surface area contributed by atoms with Crippen LogP contribution in [0.5, 0.6) is 0 Å². The third-order valence-corrected chi connectivity index (χ3v) is 3.58. The molecule has 1 atom stereocenters. The van der Waals surface area contributed by atoms with Crippen LogP contribution in [0.15, 0.2) is 22.7 Å². The summed E-state index contributed by atoms with van der Waals surface area (Å²) in [5.41, 5.74) is 6.41. The van der Waals surface area contributed by atoms with Gasteiger partial charge in [0.05, 0.1) is 6.42 Å². The Bertz CT molecular complexity index is 585. The minimum atomic E-state index is -1.14. The quantitative estimate of drug-likeness (QED) is 0.681. The zero-order valence-corrected chi connectivity index (χ0v) is 12.6. The van der Waals surface area contributed by atoms with Gasteiger partial charge in [0.15, 0.2) is 0 Å². The van der Waals surface area contributed by atoms with Crippen LogP contribution in [0.25, 0.3) is 0 Å². The number of anilines is 1. The first-order chi connectivity index (χ1) is 9.88. The zero-order chi connectivity index (χ0) is 15.6. The van der Waals surface area contributed by atoms with E-state index >= 15 is 0 Å². The molecular formula is C13H14BrN3O4. The van der Waals surface area contributed by atoms with E-state index in [1.807, 2.05) is 0 Å². The van der Waals surface area contributed by atoms with E-state index in [2.05, 4.69) is 21.2 Å². The van der Waals surface area contributed by atoms with Gasteiger partial charge < -0.3 is 21.1 Å². The Kier molecular flexibility index (Phi) is 4.46. The molecule has 2 amide bonds. The molecule has 0 aliphatic carbocycles. The molecule has 0 spiro atoms. The standard InChI is InChI=1S/C13H14BrN3O4/c14-8-3-7(4-9(15)5-8)13(21)17-2-1-16-12(20)10(17)6-11(18)19/h3-5,10H,1-2,6,15H2,(H,16,20)(H,18,19). The van der Waals surface area contributed by atoms with Crippen molar-refractivity contribution in [3.05, 3.63) is 28.2 Å². The predicted octanol–water partition coefficient (Wildman–Crippen LogP) is 0.447. The number of carboxylic acid groups (broad SMARTS) is 1. The van der Waals surface area contributed by atoms with E-state index in [0.29, 0.717) is 22.3 Å². The van der Waals surface area contributed by atoms with E-state index in [1.165, 1.54) is 11.0 Å².